The molecule has 2 fully saturated rings. The second-order valence-electron chi connectivity index (χ2n) is 6.74. The lowest BCUT2D eigenvalue weighted by atomic mass is 9.91. The van der Waals surface area contributed by atoms with Crippen molar-refractivity contribution in [3.8, 4) is 0 Å². The zero-order valence-corrected chi connectivity index (χ0v) is 13.8. The highest BCUT2D eigenvalue weighted by Crippen LogP contribution is 2.26. The maximum Gasteiger partial charge on any atom is 0.225 e. The van der Waals surface area contributed by atoms with Gasteiger partial charge in [-0.3, -0.25) is 4.79 Å². The molecule has 1 aromatic rings. The Hall–Kier alpha value is -1.50. The maximum absolute atomic E-state index is 14.0. The van der Waals surface area contributed by atoms with Crippen molar-refractivity contribution in [2.24, 2.45) is 5.92 Å². The van der Waals surface area contributed by atoms with E-state index in [1.165, 1.54) is 6.07 Å². The summed E-state index contributed by atoms with van der Waals surface area (Å²) >= 11 is 0. The number of aliphatic hydroxyl groups excluding tert-OH is 1. The number of rotatable bonds is 4. The fourth-order valence-corrected chi connectivity index (χ4v) is 3.61. The van der Waals surface area contributed by atoms with Crippen molar-refractivity contribution >= 4 is 5.91 Å². The van der Waals surface area contributed by atoms with Gasteiger partial charge in [-0.25, -0.2) is 4.39 Å². The van der Waals surface area contributed by atoms with Crippen molar-refractivity contribution in [3.05, 3.63) is 35.6 Å². The van der Waals surface area contributed by atoms with Crippen LogP contribution in [-0.2, 0) is 16.0 Å². The Balaban J connectivity index is 1.71. The molecule has 3 rings (SSSR count). The number of carbonyl (C=O) groups is 1. The molecular formula is C18H25FN2O3. The quantitative estimate of drug-likeness (QED) is 0.860. The summed E-state index contributed by atoms with van der Waals surface area (Å²) < 4.78 is 19.8. The van der Waals surface area contributed by atoms with Gasteiger partial charge in [-0.15, -0.1) is 0 Å². The molecule has 0 aliphatic carbocycles. The lowest BCUT2D eigenvalue weighted by Gasteiger charge is -2.43. The minimum atomic E-state index is -0.928. The molecule has 2 saturated heterocycles. The molecule has 2 N–H and O–H groups in total. The van der Waals surface area contributed by atoms with Crippen molar-refractivity contribution in [2.75, 3.05) is 39.4 Å². The fourth-order valence-electron chi connectivity index (χ4n) is 3.61. The van der Waals surface area contributed by atoms with Gasteiger partial charge in [0.2, 0.25) is 5.91 Å². The topological polar surface area (TPSA) is 61.8 Å². The lowest BCUT2D eigenvalue weighted by molar-refractivity contribution is -0.162. The van der Waals surface area contributed by atoms with Crippen LogP contribution in [-0.4, -0.2) is 60.9 Å². The van der Waals surface area contributed by atoms with Gasteiger partial charge >= 0.3 is 0 Å². The zero-order valence-electron chi connectivity index (χ0n) is 13.8. The van der Waals surface area contributed by atoms with E-state index in [1.54, 1.807) is 23.1 Å². The molecule has 132 valence electrons. The number of aliphatic hydroxyl groups is 1. The average molecular weight is 336 g/mol. The summed E-state index contributed by atoms with van der Waals surface area (Å²) in [7, 11) is 0. The number of benzene rings is 1. The highest BCUT2D eigenvalue weighted by Gasteiger charge is 2.40. The van der Waals surface area contributed by atoms with Crippen molar-refractivity contribution < 1.29 is 19.0 Å². The molecule has 2 heterocycles. The van der Waals surface area contributed by atoms with E-state index >= 15 is 0 Å². The third kappa shape index (κ3) is 3.77. The maximum atomic E-state index is 14.0. The molecule has 5 nitrogen and oxygen atoms in total. The molecule has 24 heavy (non-hydrogen) atoms. The van der Waals surface area contributed by atoms with Gasteiger partial charge in [0.05, 0.1) is 19.8 Å². The van der Waals surface area contributed by atoms with E-state index in [0.29, 0.717) is 25.3 Å². The fraction of sp³-hybridized carbons (Fsp3) is 0.611. The van der Waals surface area contributed by atoms with Crippen LogP contribution in [0.25, 0.3) is 0 Å². The number of halogens is 1. The number of morpholine rings is 1. The van der Waals surface area contributed by atoms with Gasteiger partial charge in [0.1, 0.15) is 11.4 Å². The van der Waals surface area contributed by atoms with Crippen LogP contribution in [0.1, 0.15) is 18.4 Å². The summed E-state index contributed by atoms with van der Waals surface area (Å²) in [6.45, 7) is 2.69. The van der Waals surface area contributed by atoms with Crippen molar-refractivity contribution in [1.29, 1.82) is 0 Å². The van der Waals surface area contributed by atoms with Gasteiger partial charge in [0.15, 0.2) is 0 Å². The van der Waals surface area contributed by atoms with Crippen molar-refractivity contribution in [2.45, 2.75) is 24.9 Å². The van der Waals surface area contributed by atoms with Crippen LogP contribution in [0.3, 0.4) is 0 Å². The summed E-state index contributed by atoms with van der Waals surface area (Å²) in [5.74, 6) is -0.143. The van der Waals surface area contributed by atoms with Crippen molar-refractivity contribution in [3.63, 3.8) is 0 Å². The number of ether oxygens (including phenoxy) is 1. The molecule has 0 spiro atoms. The number of hydrogen-bond acceptors (Lipinski definition) is 4. The molecule has 0 bridgehead atoms. The summed E-state index contributed by atoms with van der Waals surface area (Å²) in [6, 6.07) is 6.51. The number of amides is 1. The molecule has 1 amide bonds. The van der Waals surface area contributed by atoms with Crippen molar-refractivity contribution in [1.82, 2.24) is 10.2 Å². The Kier molecular flexibility index (Phi) is 5.48. The van der Waals surface area contributed by atoms with E-state index in [4.69, 9.17) is 4.74 Å². The monoisotopic (exact) mass is 336 g/mol. The smallest absolute Gasteiger partial charge is 0.225 e. The normalized spacial score (nSPS) is 25.7. The molecule has 0 unspecified atom stereocenters. The standard InChI is InChI=1S/C18H25FN2O3/c19-16-4-2-1-3-15(16)11-18(13-22)12-21(9-10-24-18)17(23)14-5-7-20-8-6-14/h1-4,14,20,22H,5-13H2/t18-/m0/s1. The van der Waals surface area contributed by atoms with Gasteiger partial charge in [0.25, 0.3) is 0 Å². The van der Waals surface area contributed by atoms with E-state index in [0.717, 1.165) is 25.9 Å². The van der Waals surface area contributed by atoms with Crippen LogP contribution in [0.15, 0.2) is 24.3 Å². The first-order chi connectivity index (χ1) is 11.6. The van der Waals surface area contributed by atoms with Gasteiger partial charge in [-0.2, -0.15) is 0 Å². The first-order valence-electron chi connectivity index (χ1n) is 8.61. The zero-order chi connectivity index (χ0) is 17.0. The Morgan fingerprint density at radius 3 is 2.83 bits per heavy atom. The molecular weight excluding hydrogens is 311 g/mol. The second kappa shape index (κ2) is 7.59. The number of nitrogens with one attached hydrogen (secondary N) is 1. The molecule has 0 aromatic heterocycles. The highest BCUT2D eigenvalue weighted by molar-refractivity contribution is 5.79. The van der Waals surface area contributed by atoms with Gasteiger partial charge < -0.3 is 20.1 Å². The van der Waals surface area contributed by atoms with Crippen LogP contribution in [0, 0.1) is 11.7 Å². The largest absolute Gasteiger partial charge is 0.393 e. The lowest BCUT2D eigenvalue weighted by Crippen LogP contribution is -2.58. The highest BCUT2D eigenvalue weighted by atomic mass is 19.1. The Bertz CT molecular complexity index is 577. The molecule has 6 heteroatoms. The van der Waals surface area contributed by atoms with Gasteiger partial charge in [-0.1, -0.05) is 18.2 Å². The summed E-state index contributed by atoms with van der Waals surface area (Å²) in [5.41, 5.74) is -0.425. The van der Waals surface area contributed by atoms with Crippen LogP contribution in [0.4, 0.5) is 4.39 Å². The average Bonchev–Trinajstić information content (AvgIpc) is 2.64. The third-order valence-electron chi connectivity index (χ3n) is 5.01. The molecule has 1 aromatic carbocycles. The summed E-state index contributed by atoms with van der Waals surface area (Å²) in [5, 5.41) is 13.2. The van der Waals surface area contributed by atoms with Crippen LogP contribution < -0.4 is 5.32 Å². The van der Waals surface area contributed by atoms with Crippen LogP contribution in [0.5, 0.6) is 0 Å². The third-order valence-corrected chi connectivity index (χ3v) is 5.01. The minimum Gasteiger partial charge on any atom is -0.393 e. The summed E-state index contributed by atoms with van der Waals surface area (Å²) in [4.78, 5) is 14.6. The van der Waals surface area contributed by atoms with E-state index in [2.05, 4.69) is 5.32 Å². The van der Waals surface area contributed by atoms with E-state index < -0.39 is 5.60 Å². The molecule has 2 aliphatic heterocycles. The Labute approximate surface area is 141 Å². The first kappa shape index (κ1) is 17.3. The van der Waals surface area contributed by atoms with Crippen LogP contribution >= 0.6 is 0 Å². The Morgan fingerprint density at radius 1 is 1.38 bits per heavy atom. The predicted molar refractivity (Wildman–Crippen MR) is 88.0 cm³/mol. The number of carbonyl (C=O) groups excluding carboxylic acids is 1. The van der Waals surface area contributed by atoms with E-state index in [9.17, 15) is 14.3 Å². The number of nitrogens with zero attached hydrogens (tertiary/aromatic N) is 1. The summed E-state index contributed by atoms with van der Waals surface area (Å²) in [6.07, 6.45) is 1.94. The molecule has 0 radical (unpaired) electrons. The van der Waals surface area contributed by atoms with E-state index in [-0.39, 0.29) is 30.7 Å². The predicted octanol–water partition coefficient (Wildman–Crippen LogP) is 0.958. The Morgan fingerprint density at radius 2 is 2.12 bits per heavy atom. The number of hydrogen-bond donors (Lipinski definition) is 2. The van der Waals surface area contributed by atoms with Gasteiger partial charge in [0, 0.05) is 18.9 Å². The van der Waals surface area contributed by atoms with Crippen LogP contribution in [0.2, 0.25) is 0 Å². The molecule has 0 saturated carbocycles. The molecule has 2 aliphatic rings. The van der Waals surface area contributed by atoms with Gasteiger partial charge in [-0.05, 0) is 37.6 Å². The van der Waals surface area contributed by atoms with E-state index in [1.807, 2.05) is 0 Å². The first-order valence-corrected chi connectivity index (χ1v) is 8.61. The minimum absolute atomic E-state index is 0.0363. The molecule has 1 atom stereocenters. The second-order valence-corrected chi connectivity index (χ2v) is 6.74. The number of piperidine rings is 1. The SMILES string of the molecule is O=C(C1CCNCC1)N1CCO[C@@](CO)(Cc2ccccc2F)C1.